The van der Waals surface area contributed by atoms with Gasteiger partial charge >= 0.3 is 0 Å². The average molecular weight is 429 g/mol. The summed E-state index contributed by atoms with van der Waals surface area (Å²) in [6.07, 6.45) is 0. The summed E-state index contributed by atoms with van der Waals surface area (Å²) in [5.74, 6) is 1.22. The molecule has 0 unspecified atom stereocenters. The molecule has 0 heterocycles. The summed E-state index contributed by atoms with van der Waals surface area (Å²) in [4.78, 5) is 0. The smallest absolute Gasteiger partial charge is 0.121 e. The molecule has 4 aromatic carbocycles. The molecule has 0 amide bonds. The van der Waals surface area contributed by atoms with Gasteiger partial charge in [0.05, 0.1) is 0 Å². The summed E-state index contributed by atoms with van der Waals surface area (Å²) in [6.45, 7) is 7.58. The molecule has 4 rings (SSSR count). The lowest BCUT2D eigenvalue weighted by atomic mass is 9.96. The van der Waals surface area contributed by atoms with E-state index in [0.717, 1.165) is 44.5 Å². The van der Waals surface area contributed by atoms with E-state index < -0.39 is 0 Å². The molecule has 0 radical (unpaired) electrons. The van der Waals surface area contributed by atoms with Crippen LogP contribution in [0.25, 0.3) is 22.3 Å². The van der Waals surface area contributed by atoms with E-state index in [-0.39, 0.29) is 11.5 Å². The third-order valence-electron chi connectivity index (χ3n) is 5.38. The summed E-state index contributed by atoms with van der Waals surface area (Å²) in [5.41, 5.74) is 7.64. The second-order valence-corrected chi connectivity index (χ2v) is 8.01. The van der Waals surface area contributed by atoms with E-state index in [2.05, 4.69) is 0 Å². The lowest BCUT2D eigenvalue weighted by molar-refractivity contribution is 0.466. The molecule has 4 nitrogen and oxygen atoms in total. The van der Waals surface area contributed by atoms with E-state index in [1.54, 1.807) is 24.3 Å². The summed E-state index contributed by atoms with van der Waals surface area (Å²) in [7, 11) is 0. The van der Waals surface area contributed by atoms with Crippen molar-refractivity contribution in [2.75, 3.05) is 0 Å². The van der Waals surface area contributed by atoms with Gasteiger partial charge < -0.3 is 20.4 Å². The third kappa shape index (κ3) is 5.22. The normalized spacial score (nSPS) is 10.4. The Kier molecular flexibility index (Phi) is 6.74. The zero-order valence-electron chi connectivity index (χ0n) is 18.7. The molecule has 0 atom stereocenters. The van der Waals surface area contributed by atoms with Crippen LogP contribution in [0.5, 0.6) is 23.0 Å². The molecule has 4 N–H and O–H groups in total. The lowest BCUT2D eigenvalue weighted by Gasteiger charge is -2.11. The number of hydrogen-bond acceptors (Lipinski definition) is 4. The van der Waals surface area contributed by atoms with Crippen molar-refractivity contribution in [3.8, 4) is 45.3 Å². The maximum atomic E-state index is 9.79. The molecule has 32 heavy (non-hydrogen) atoms. The Labute approximate surface area is 188 Å². The van der Waals surface area contributed by atoms with Crippen molar-refractivity contribution in [2.45, 2.75) is 27.7 Å². The van der Waals surface area contributed by atoms with Crippen LogP contribution < -0.4 is 0 Å². The third-order valence-corrected chi connectivity index (χ3v) is 5.38. The van der Waals surface area contributed by atoms with Crippen LogP contribution in [-0.2, 0) is 0 Å². The lowest BCUT2D eigenvalue weighted by Crippen LogP contribution is -1.88. The highest BCUT2D eigenvalue weighted by Gasteiger charge is 2.08. The molecule has 0 aromatic heterocycles. The Bertz CT molecular complexity index is 1080. The van der Waals surface area contributed by atoms with Gasteiger partial charge in [-0.15, -0.1) is 0 Å². The standard InChI is InChI=1S/C16H18O2.C12H10O2/c1-9-5-13(6-10(2)15(9)17)14-7-11(3)16(18)12(4)8-14;13-11-5-1-9(2-6-11)10-3-7-12(14)8-4-10/h5-8,17-18H,1-4H3;1-8,13-14H. The van der Waals surface area contributed by atoms with Crippen LogP contribution in [0, 0.1) is 27.7 Å². The van der Waals surface area contributed by atoms with E-state index in [0.29, 0.717) is 11.5 Å². The molecule has 0 aliphatic carbocycles. The molecule has 0 bridgehead atoms. The number of phenols is 4. The van der Waals surface area contributed by atoms with Crippen molar-refractivity contribution in [2.24, 2.45) is 0 Å². The van der Waals surface area contributed by atoms with Crippen LogP contribution in [0.1, 0.15) is 22.3 Å². The molecule has 0 fully saturated rings. The fourth-order valence-corrected chi connectivity index (χ4v) is 3.55. The van der Waals surface area contributed by atoms with Crippen LogP contribution in [0.3, 0.4) is 0 Å². The monoisotopic (exact) mass is 428 g/mol. The maximum Gasteiger partial charge on any atom is 0.121 e. The van der Waals surface area contributed by atoms with Gasteiger partial charge in [-0.3, -0.25) is 0 Å². The Balaban J connectivity index is 0.000000186. The van der Waals surface area contributed by atoms with E-state index in [1.807, 2.05) is 76.2 Å². The molecule has 4 heteroatoms. The highest BCUT2D eigenvalue weighted by molar-refractivity contribution is 5.70. The zero-order valence-corrected chi connectivity index (χ0v) is 18.7. The number of rotatable bonds is 2. The minimum absolute atomic E-state index is 0.257. The number of benzene rings is 4. The zero-order chi connectivity index (χ0) is 23.4. The first-order chi connectivity index (χ1) is 15.2. The van der Waals surface area contributed by atoms with Crippen molar-refractivity contribution < 1.29 is 20.4 Å². The molecule has 0 saturated heterocycles. The minimum atomic E-state index is 0.257. The van der Waals surface area contributed by atoms with Crippen LogP contribution in [-0.4, -0.2) is 20.4 Å². The Morgan fingerprint density at radius 3 is 0.875 bits per heavy atom. The predicted octanol–water partition coefficient (Wildman–Crippen LogP) is 6.76. The first-order valence-corrected chi connectivity index (χ1v) is 10.3. The van der Waals surface area contributed by atoms with Gasteiger partial charge in [0.1, 0.15) is 23.0 Å². The van der Waals surface area contributed by atoms with Gasteiger partial charge in [-0.2, -0.15) is 0 Å². The second-order valence-electron chi connectivity index (χ2n) is 8.01. The molecule has 164 valence electrons. The van der Waals surface area contributed by atoms with Crippen molar-refractivity contribution in [3.63, 3.8) is 0 Å². The summed E-state index contributed by atoms with van der Waals surface area (Å²) < 4.78 is 0. The summed E-state index contributed by atoms with van der Waals surface area (Å²) in [6, 6.07) is 21.8. The van der Waals surface area contributed by atoms with Crippen LogP contribution in [0.2, 0.25) is 0 Å². The number of aromatic hydroxyl groups is 4. The Morgan fingerprint density at radius 2 is 0.625 bits per heavy atom. The van der Waals surface area contributed by atoms with Gasteiger partial charge in [0.2, 0.25) is 0 Å². The van der Waals surface area contributed by atoms with Gasteiger partial charge in [-0.1, -0.05) is 24.3 Å². The minimum Gasteiger partial charge on any atom is -0.508 e. The van der Waals surface area contributed by atoms with Gasteiger partial charge in [-0.05, 0) is 121 Å². The Hall–Kier alpha value is -3.92. The molecular formula is C28H28O4. The molecule has 4 aromatic rings. The van der Waals surface area contributed by atoms with E-state index in [1.165, 1.54) is 0 Å². The van der Waals surface area contributed by atoms with Crippen molar-refractivity contribution in [3.05, 3.63) is 95.1 Å². The molecule has 0 aliphatic rings. The van der Waals surface area contributed by atoms with Crippen molar-refractivity contribution >= 4 is 0 Å². The fourth-order valence-electron chi connectivity index (χ4n) is 3.55. The maximum absolute atomic E-state index is 9.79. The number of phenolic OH excluding ortho intramolecular Hbond substituents is 4. The molecular weight excluding hydrogens is 400 g/mol. The Morgan fingerprint density at radius 1 is 0.375 bits per heavy atom. The SMILES string of the molecule is Cc1cc(-c2cc(C)c(O)c(C)c2)cc(C)c1O.Oc1ccc(-c2ccc(O)cc2)cc1. The second kappa shape index (κ2) is 9.48. The van der Waals surface area contributed by atoms with Crippen LogP contribution in [0.15, 0.2) is 72.8 Å². The van der Waals surface area contributed by atoms with Gasteiger partial charge in [-0.25, -0.2) is 0 Å². The molecule has 0 spiro atoms. The quantitative estimate of drug-likeness (QED) is 0.284. The van der Waals surface area contributed by atoms with E-state index in [9.17, 15) is 10.2 Å². The van der Waals surface area contributed by atoms with E-state index in [4.69, 9.17) is 10.2 Å². The first kappa shape index (κ1) is 22.8. The highest BCUT2D eigenvalue weighted by Crippen LogP contribution is 2.33. The fraction of sp³-hybridized carbons (Fsp3) is 0.143. The van der Waals surface area contributed by atoms with E-state index >= 15 is 0 Å². The van der Waals surface area contributed by atoms with Crippen molar-refractivity contribution in [1.29, 1.82) is 0 Å². The molecule has 0 aliphatic heterocycles. The topological polar surface area (TPSA) is 80.9 Å². The van der Waals surface area contributed by atoms with Crippen molar-refractivity contribution in [1.82, 2.24) is 0 Å². The summed E-state index contributed by atoms with van der Waals surface area (Å²) >= 11 is 0. The van der Waals surface area contributed by atoms with Gasteiger partial charge in [0, 0.05) is 0 Å². The van der Waals surface area contributed by atoms with Crippen LogP contribution in [0.4, 0.5) is 0 Å². The summed E-state index contributed by atoms with van der Waals surface area (Å²) in [5, 5.41) is 37.8. The highest BCUT2D eigenvalue weighted by atomic mass is 16.3. The number of hydrogen-bond donors (Lipinski definition) is 4. The average Bonchev–Trinajstić information content (AvgIpc) is 2.77. The number of aryl methyl sites for hydroxylation is 4. The first-order valence-electron chi connectivity index (χ1n) is 10.3. The van der Waals surface area contributed by atoms with Gasteiger partial charge in [0.25, 0.3) is 0 Å². The van der Waals surface area contributed by atoms with Gasteiger partial charge in [0.15, 0.2) is 0 Å². The van der Waals surface area contributed by atoms with Crippen LogP contribution >= 0.6 is 0 Å². The molecule has 0 saturated carbocycles. The largest absolute Gasteiger partial charge is 0.508 e. The predicted molar refractivity (Wildman–Crippen MR) is 129 cm³/mol.